The molecule has 29 heavy (non-hydrogen) atoms. The van der Waals surface area contributed by atoms with Gasteiger partial charge >= 0.3 is 5.97 Å². The Kier molecular flexibility index (Phi) is 7.06. The van der Waals surface area contributed by atoms with Gasteiger partial charge in [-0.05, 0) is 49.4 Å². The fourth-order valence-corrected chi connectivity index (χ4v) is 3.69. The average Bonchev–Trinajstić information content (AvgIpc) is 2.74. The number of amides is 1. The topological polar surface area (TPSA) is 69.6 Å². The lowest BCUT2D eigenvalue weighted by atomic mass is 10.0. The molecule has 2 aromatic carbocycles. The number of anilines is 1. The Morgan fingerprint density at radius 1 is 1.03 bits per heavy atom. The summed E-state index contributed by atoms with van der Waals surface area (Å²) in [5, 5.41) is 12.1. The molecule has 0 bridgehead atoms. The number of rotatable bonds is 7. The van der Waals surface area contributed by atoms with Crippen molar-refractivity contribution in [3.63, 3.8) is 0 Å². The molecule has 1 aliphatic rings. The molecule has 0 aliphatic carbocycles. The number of carboxylic acids is 1. The molecule has 1 amide bonds. The first-order valence-electron chi connectivity index (χ1n) is 10.2. The molecule has 0 aromatic heterocycles. The molecule has 152 valence electrons. The maximum atomic E-state index is 12.7. The highest BCUT2D eigenvalue weighted by molar-refractivity contribution is 5.91. The molecule has 1 heterocycles. The third-order valence-electron chi connectivity index (χ3n) is 5.14. The summed E-state index contributed by atoms with van der Waals surface area (Å²) >= 11 is 0. The number of carbonyl (C=O) groups is 2. The summed E-state index contributed by atoms with van der Waals surface area (Å²) in [6.07, 6.45) is 6.73. The maximum Gasteiger partial charge on any atom is 0.335 e. The van der Waals surface area contributed by atoms with Crippen molar-refractivity contribution < 1.29 is 14.7 Å². The Balaban J connectivity index is 1.76. The average molecular weight is 392 g/mol. The van der Waals surface area contributed by atoms with Crippen LogP contribution in [-0.4, -0.2) is 30.1 Å². The van der Waals surface area contributed by atoms with Gasteiger partial charge in [-0.1, -0.05) is 43.3 Å². The zero-order chi connectivity index (χ0) is 20.6. The van der Waals surface area contributed by atoms with Crippen LogP contribution in [0.1, 0.15) is 54.1 Å². The molecule has 2 aromatic rings. The lowest BCUT2D eigenvalue weighted by Crippen LogP contribution is -2.31. The van der Waals surface area contributed by atoms with Gasteiger partial charge < -0.3 is 15.3 Å². The van der Waals surface area contributed by atoms with E-state index in [2.05, 4.69) is 29.3 Å². The van der Waals surface area contributed by atoms with Gasteiger partial charge in [-0.15, -0.1) is 0 Å². The standard InChI is InChI=1S/C24H28N2O3/c1-2-8-21(20-9-4-5-10-22(20)26-15-6-3-7-16-26)25-23(27)17-18-11-13-19(14-12-18)24(28)29/h4-5,8-14H,2-3,6-7,15-17H2,1H3,(H,25,27)(H,28,29)/b21-8-. The van der Waals surface area contributed by atoms with Crippen molar-refractivity contribution >= 4 is 23.3 Å². The third kappa shape index (κ3) is 5.47. The molecule has 1 fully saturated rings. The minimum absolute atomic E-state index is 0.110. The van der Waals surface area contributed by atoms with Crippen LogP contribution in [0.15, 0.2) is 54.6 Å². The number of carbonyl (C=O) groups excluding carboxylic acids is 1. The largest absolute Gasteiger partial charge is 0.478 e. The van der Waals surface area contributed by atoms with E-state index in [1.165, 1.54) is 31.4 Å². The highest BCUT2D eigenvalue weighted by atomic mass is 16.4. The second-order valence-electron chi connectivity index (χ2n) is 7.32. The number of allylic oxidation sites excluding steroid dienone is 1. The van der Waals surface area contributed by atoms with Crippen LogP contribution in [0.3, 0.4) is 0 Å². The van der Waals surface area contributed by atoms with E-state index in [1.54, 1.807) is 12.1 Å². The van der Waals surface area contributed by atoms with Gasteiger partial charge in [0.05, 0.1) is 12.0 Å². The molecule has 0 spiro atoms. The number of carboxylic acid groups (broad SMARTS) is 1. The Morgan fingerprint density at radius 3 is 2.38 bits per heavy atom. The van der Waals surface area contributed by atoms with Gasteiger partial charge in [-0.25, -0.2) is 4.79 Å². The summed E-state index contributed by atoms with van der Waals surface area (Å²) in [6.45, 7) is 4.14. The van der Waals surface area contributed by atoms with Crippen LogP contribution in [0.4, 0.5) is 5.69 Å². The monoisotopic (exact) mass is 392 g/mol. The molecule has 2 N–H and O–H groups in total. The van der Waals surface area contributed by atoms with Crippen LogP contribution in [0.2, 0.25) is 0 Å². The van der Waals surface area contributed by atoms with Crippen molar-refractivity contribution in [3.05, 3.63) is 71.3 Å². The molecule has 0 saturated carbocycles. The Morgan fingerprint density at radius 2 is 1.72 bits per heavy atom. The summed E-state index contributed by atoms with van der Waals surface area (Å²) in [5.41, 5.74) is 4.05. The van der Waals surface area contributed by atoms with Gasteiger partial charge in [0.1, 0.15) is 0 Å². The summed E-state index contributed by atoms with van der Waals surface area (Å²) in [5.74, 6) is -1.08. The van der Waals surface area contributed by atoms with Crippen LogP contribution in [-0.2, 0) is 11.2 Å². The molecular weight excluding hydrogens is 364 g/mol. The number of para-hydroxylation sites is 1. The van der Waals surface area contributed by atoms with E-state index in [4.69, 9.17) is 5.11 Å². The lowest BCUT2D eigenvalue weighted by Gasteiger charge is -2.31. The lowest BCUT2D eigenvalue weighted by molar-refractivity contribution is -0.119. The number of hydrogen-bond donors (Lipinski definition) is 2. The van der Waals surface area contributed by atoms with E-state index >= 15 is 0 Å². The number of benzene rings is 2. The molecule has 1 aliphatic heterocycles. The molecule has 1 saturated heterocycles. The number of aromatic carboxylic acids is 1. The molecule has 0 unspecified atom stereocenters. The van der Waals surface area contributed by atoms with Crippen LogP contribution in [0, 0.1) is 0 Å². The zero-order valence-electron chi connectivity index (χ0n) is 16.9. The summed E-state index contributed by atoms with van der Waals surface area (Å²) in [4.78, 5) is 26.1. The quantitative estimate of drug-likeness (QED) is 0.729. The predicted octanol–water partition coefficient (Wildman–Crippen LogP) is 4.48. The van der Waals surface area contributed by atoms with Crippen molar-refractivity contribution in [1.29, 1.82) is 0 Å². The molecular formula is C24H28N2O3. The minimum Gasteiger partial charge on any atom is -0.478 e. The van der Waals surface area contributed by atoms with Crippen LogP contribution in [0.25, 0.3) is 5.70 Å². The smallest absolute Gasteiger partial charge is 0.335 e. The van der Waals surface area contributed by atoms with Crippen molar-refractivity contribution in [2.24, 2.45) is 0 Å². The minimum atomic E-state index is -0.969. The van der Waals surface area contributed by atoms with Gasteiger partial charge in [-0.3, -0.25) is 4.79 Å². The van der Waals surface area contributed by atoms with E-state index in [0.29, 0.717) is 0 Å². The summed E-state index contributed by atoms with van der Waals surface area (Å²) in [6, 6.07) is 14.7. The van der Waals surface area contributed by atoms with Gasteiger partial charge in [0, 0.05) is 30.0 Å². The van der Waals surface area contributed by atoms with E-state index in [-0.39, 0.29) is 17.9 Å². The van der Waals surface area contributed by atoms with Gasteiger partial charge in [0.2, 0.25) is 5.91 Å². The highest BCUT2D eigenvalue weighted by Gasteiger charge is 2.17. The third-order valence-corrected chi connectivity index (χ3v) is 5.14. The van der Waals surface area contributed by atoms with E-state index in [1.807, 2.05) is 18.2 Å². The van der Waals surface area contributed by atoms with Crippen molar-refractivity contribution in [3.8, 4) is 0 Å². The predicted molar refractivity (Wildman–Crippen MR) is 116 cm³/mol. The second kappa shape index (κ2) is 9.92. The fraction of sp³-hybridized carbons (Fsp3) is 0.333. The Labute approximate surface area is 172 Å². The van der Waals surface area contributed by atoms with E-state index in [0.717, 1.165) is 42.0 Å². The molecule has 3 rings (SSSR count). The van der Waals surface area contributed by atoms with Crippen molar-refractivity contribution in [1.82, 2.24) is 5.32 Å². The van der Waals surface area contributed by atoms with E-state index < -0.39 is 5.97 Å². The SMILES string of the molecule is CC/C=C(\NC(=O)Cc1ccc(C(=O)O)cc1)c1ccccc1N1CCCCC1. The molecule has 5 heteroatoms. The first-order chi connectivity index (χ1) is 14.1. The number of piperidine rings is 1. The molecule has 0 radical (unpaired) electrons. The van der Waals surface area contributed by atoms with Gasteiger partial charge in [0.15, 0.2) is 0 Å². The van der Waals surface area contributed by atoms with Crippen molar-refractivity contribution in [2.45, 2.75) is 39.0 Å². The summed E-state index contributed by atoms with van der Waals surface area (Å²) < 4.78 is 0. The van der Waals surface area contributed by atoms with Crippen LogP contribution in [0.5, 0.6) is 0 Å². The van der Waals surface area contributed by atoms with Gasteiger partial charge in [-0.2, -0.15) is 0 Å². The number of nitrogens with zero attached hydrogens (tertiary/aromatic N) is 1. The summed E-state index contributed by atoms with van der Waals surface area (Å²) in [7, 11) is 0. The normalized spacial score (nSPS) is 14.5. The zero-order valence-corrected chi connectivity index (χ0v) is 16.9. The second-order valence-corrected chi connectivity index (χ2v) is 7.32. The highest BCUT2D eigenvalue weighted by Crippen LogP contribution is 2.28. The Hall–Kier alpha value is -3.08. The molecule has 5 nitrogen and oxygen atoms in total. The van der Waals surface area contributed by atoms with E-state index in [9.17, 15) is 9.59 Å². The number of hydrogen-bond acceptors (Lipinski definition) is 3. The number of nitrogens with one attached hydrogen (secondary N) is 1. The Bertz CT molecular complexity index is 881. The van der Waals surface area contributed by atoms with Gasteiger partial charge in [0.25, 0.3) is 0 Å². The molecule has 0 atom stereocenters. The van der Waals surface area contributed by atoms with Crippen LogP contribution >= 0.6 is 0 Å². The maximum absolute atomic E-state index is 12.7. The fourth-order valence-electron chi connectivity index (χ4n) is 3.69. The first-order valence-corrected chi connectivity index (χ1v) is 10.2. The van der Waals surface area contributed by atoms with Crippen LogP contribution < -0.4 is 10.2 Å². The van der Waals surface area contributed by atoms with Crippen molar-refractivity contribution in [2.75, 3.05) is 18.0 Å². The first kappa shape index (κ1) is 20.6.